The minimum absolute atomic E-state index is 0.366. The molecule has 0 aliphatic heterocycles. The number of hydrogen-bond donors (Lipinski definition) is 1. The van der Waals surface area contributed by atoms with Crippen LogP contribution in [0, 0.1) is 11.3 Å². The molecule has 0 aromatic heterocycles. The van der Waals surface area contributed by atoms with Gasteiger partial charge in [0.25, 0.3) is 0 Å². The molecule has 0 aliphatic carbocycles. The van der Waals surface area contributed by atoms with Gasteiger partial charge in [-0.1, -0.05) is 27.7 Å². The predicted octanol–water partition coefficient (Wildman–Crippen LogP) is 2.92. The molecule has 2 unspecified atom stereocenters. The lowest BCUT2D eigenvalue weighted by atomic mass is 9.87. The van der Waals surface area contributed by atoms with Crippen LogP contribution in [0.25, 0.3) is 0 Å². The van der Waals surface area contributed by atoms with Crippen molar-refractivity contribution in [2.75, 3.05) is 19.3 Å². The zero-order valence-electron chi connectivity index (χ0n) is 9.96. The predicted molar refractivity (Wildman–Crippen MR) is 64.6 cm³/mol. The zero-order valence-corrected chi connectivity index (χ0v) is 10.9. The van der Waals surface area contributed by atoms with Gasteiger partial charge in [0, 0.05) is 12.6 Å². The quantitative estimate of drug-likeness (QED) is 0.688. The van der Waals surface area contributed by atoms with Crippen molar-refractivity contribution in [3.63, 3.8) is 0 Å². The van der Waals surface area contributed by atoms with Crippen LogP contribution in [-0.4, -0.2) is 30.3 Å². The molecule has 0 aromatic rings. The number of rotatable bonds is 4. The van der Waals surface area contributed by atoms with Gasteiger partial charge in [-0.15, -0.1) is 0 Å². The van der Waals surface area contributed by atoms with Crippen molar-refractivity contribution >= 4 is 12.6 Å². The van der Waals surface area contributed by atoms with E-state index in [0.29, 0.717) is 17.4 Å². The number of hydrogen-bond acceptors (Lipinski definition) is 2. The zero-order chi connectivity index (χ0) is 10.6. The van der Waals surface area contributed by atoms with Gasteiger partial charge in [-0.2, -0.15) is 12.6 Å². The Hall–Kier alpha value is 0.310. The fourth-order valence-electron chi connectivity index (χ4n) is 1.37. The van der Waals surface area contributed by atoms with Crippen molar-refractivity contribution in [3.8, 4) is 0 Å². The van der Waals surface area contributed by atoms with Gasteiger partial charge in [-0.25, -0.2) is 0 Å². The summed E-state index contributed by atoms with van der Waals surface area (Å²) < 4.78 is 0. The minimum atomic E-state index is 0.366. The van der Waals surface area contributed by atoms with Crippen LogP contribution in [0.1, 0.15) is 34.6 Å². The first-order valence-electron chi connectivity index (χ1n) is 5.10. The molecule has 13 heavy (non-hydrogen) atoms. The maximum absolute atomic E-state index is 4.30. The van der Waals surface area contributed by atoms with Crippen molar-refractivity contribution < 1.29 is 0 Å². The number of nitrogens with zero attached hydrogens (tertiary/aromatic N) is 1. The van der Waals surface area contributed by atoms with Crippen LogP contribution in [0.15, 0.2) is 0 Å². The molecule has 0 aromatic carbocycles. The summed E-state index contributed by atoms with van der Waals surface area (Å²) in [5.74, 6) is 1.65. The lowest BCUT2D eigenvalue weighted by Crippen LogP contribution is -2.41. The minimum Gasteiger partial charge on any atom is -0.303 e. The van der Waals surface area contributed by atoms with E-state index in [2.05, 4.69) is 59.2 Å². The third-order valence-corrected chi connectivity index (χ3v) is 3.45. The Morgan fingerprint density at radius 2 is 1.69 bits per heavy atom. The third kappa shape index (κ3) is 4.92. The second kappa shape index (κ2) is 5.26. The van der Waals surface area contributed by atoms with E-state index in [1.165, 1.54) is 0 Å². The van der Waals surface area contributed by atoms with Crippen molar-refractivity contribution in [3.05, 3.63) is 0 Å². The second-order valence-corrected chi connectivity index (χ2v) is 5.63. The van der Waals surface area contributed by atoms with E-state index in [4.69, 9.17) is 0 Å². The Morgan fingerprint density at radius 3 is 2.00 bits per heavy atom. The van der Waals surface area contributed by atoms with E-state index in [1.54, 1.807) is 0 Å². The van der Waals surface area contributed by atoms with E-state index in [-0.39, 0.29) is 0 Å². The summed E-state index contributed by atoms with van der Waals surface area (Å²) >= 11 is 4.30. The lowest BCUT2D eigenvalue weighted by molar-refractivity contribution is 0.129. The molecule has 1 nitrogen and oxygen atoms in total. The van der Waals surface area contributed by atoms with Gasteiger partial charge in [0.05, 0.1) is 0 Å². The maximum Gasteiger partial charge on any atom is 0.0112 e. The fraction of sp³-hybridized carbons (Fsp3) is 1.00. The molecule has 2 atom stereocenters. The molecule has 0 heterocycles. The van der Waals surface area contributed by atoms with Crippen LogP contribution in [0.4, 0.5) is 0 Å². The molecular weight excluding hydrogens is 178 g/mol. The highest BCUT2D eigenvalue weighted by atomic mass is 32.1. The van der Waals surface area contributed by atoms with Crippen LogP contribution in [-0.2, 0) is 0 Å². The van der Waals surface area contributed by atoms with Crippen LogP contribution in [0.2, 0.25) is 0 Å². The average Bonchev–Trinajstić information content (AvgIpc) is 2.01. The molecule has 0 bridgehead atoms. The highest BCUT2D eigenvalue weighted by molar-refractivity contribution is 7.80. The van der Waals surface area contributed by atoms with Gasteiger partial charge in [0.1, 0.15) is 0 Å². The van der Waals surface area contributed by atoms with Crippen LogP contribution in [0.3, 0.4) is 0 Å². The Bertz CT molecular complexity index is 140. The molecule has 0 rings (SSSR count). The van der Waals surface area contributed by atoms with E-state index < -0.39 is 0 Å². The summed E-state index contributed by atoms with van der Waals surface area (Å²) in [5.41, 5.74) is 0.366. The molecule has 0 saturated carbocycles. The highest BCUT2D eigenvalue weighted by Gasteiger charge is 2.24. The normalized spacial score (nSPS) is 17.5. The maximum atomic E-state index is 4.30. The van der Waals surface area contributed by atoms with Crippen molar-refractivity contribution in [2.45, 2.75) is 40.7 Å². The SMILES string of the molecule is CC(CS)CN(C)C(C)C(C)(C)C. The van der Waals surface area contributed by atoms with Gasteiger partial charge in [-0.05, 0) is 31.1 Å². The topological polar surface area (TPSA) is 3.24 Å². The van der Waals surface area contributed by atoms with E-state index in [0.717, 1.165) is 12.3 Å². The van der Waals surface area contributed by atoms with E-state index in [9.17, 15) is 0 Å². The average molecular weight is 203 g/mol. The number of thiol groups is 1. The summed E-state index contributed by atoms with van der Waals surface area (Å²) in [4.78, 5) is 2.43. The van der Waals surface area contributed by atoms with Crippen LogP contribution >= 0.6 is 12.6 Å². The van der Waals surface area contributed by atoms with E-state index >= 15 is 0 Å². The largest absolute Gasteiger partial charge is 0.303 e. The summed E-state index contributed by atoms with van der Waals surface area (Å²) in [7, 11) is 2.20. The second-order valence-electron chi connectivity index (χ2n) is 5.27. The first kappa shape index (κ1) is 13.3. The van der Waals surface area contributed by atoms with Crippen molar-refractivity contribution in [1.29, 1.82) is 0 Å². The Balaban J connectivity index is 4.03. The molecule has 0 saturated heterocycles. The molecule has 0 amide bonds. The van der Waals surface area contributed by atoms with Gasteiger partial charge in [-0.3, -0.25) is 0 Å². The Labute approximate surface area is 89.3 Å². The van der Waals surface area contributed by atoms with Gasteiger partial charge >= 0.3 is 0 Å². The highest BCUT2D eigenvalue weighted by Crippen LogP contribution is 2.23. The van der Waals surface area contributed by atoms with E-state index in [1.807, 2.05) is 0 Å². The summed E-state index contributed by atoms with van der Waals surface area (Å²) in [6.07, 6.45) is 0. The summed E-state index contributed by atoms with van der Waals surface area (Å²) in [6, 6.07) is 0.620. The van der Waals surface area contributed by atoms with Crippen molar-refractivity contribution in [2.24, 2.45) is 11.3 Å². The Morgan fingerprint density at radius 1 is 1.23 bits per heavy atom. The smallest absolute Gasteiger partial charge is 0.0112 e. The Kier molecular flexibility index (Phi) is 5.38. The van der Waals surface area contributed by atoms with Gasteiger partial charge in [0.15, 0.2) is 0 Å². The monoisotopic (exact) mass is 203 g/mol. The standard InChI is InChI=1S/C11H25NS/c1-9(8-13)7-12(6)10(2)11(3,4)5/h9-10,13H,7-8H2,1-6H3. The molecule has 0 radical (unpaired) electrons. The van der Waals surface area contributed by atoms with Crippen molar-refractivity contribution in [1.82, 2.24) is 4.90 Å². The molecule has 2 heteroatoms. The fourth-order valence-corrected chi connectivity index (χ4v) is 1.48. The van der Waals surface area contributed by atoms with Gasteiger partial charge in [0.2, 0.25) is 0 Å². The molecule has 80 valence electrons. The molecular formula is C11H25NS. The molecule has 0 fully saturated rings. The first-order valence-corrected chi connectivity index (χ1v) is 5.73. The lowest BCUT2D eigenvalue weighted by Gasteiger charge is -2.36. The molecule has 0 spiro atoms. The molecule has 0 aliphatic rings. The third-order valence-electron chi connectivity index (χ3n) is 2.83. The first-order chi connectivity index (χ1) is 5.79. The molecule has 0 N–H and O–H groups in total. The van der Waals surface area contributed by atoms with Gasteiger partial charge < -0.3 is 4.90 Å². The summed E-state index contributed by atoms with van der Waals surface area (Å²) in [5, 5.41) is 0. The van der Waals surface area contributed by atoms with Crippen LogP contribution < -0.4 is 0 Å². The van der Waals surface area contributed by atoms with Crippen LogP contribution in [0.5, 0.6) is 0 Å². The summed E-state index contributed by atoms with van der Waals surface area (Å²) in [6.45, 7) is 12.6.